The van der Waals surface area contributed by atoms with Crippen molar-refractivity contribution in [3.8, 4) is 0 Å². The molecule has 3 aromatic carbocycles. The molecule has 100 valence electrons. The van der Waals surface area contributed by atoms with Gasteiger partial charge in [0.2, 0.25) is 0 Å². The predicted octanol–water partition coefficient (Wildman–Crippen LogP) is 4.48. The highest BCUT2D eigenvalue weighted by atomic mass is 16.2. The van der Waals surface area contributed by atoms with Crippen LogP contribution in [0, 0.1) is 0 Å². The van der Waals surface area contributed by atoms with Crippen LogP contribution in [0.2, 0.25) is 0 Å². The van der Waals surface area contributed by atoms with Gasteiger partial charge in [0, 0.05) is 18.0 Å². The smallest absolute Gasteiger partial charge is 0.262 e. The Hall–Kier alpha value is -2.87. The van der Waals surface area contributed by atoms with Gasteiger partial charge in [0.15, 0.2) is 0 Å². The first-order chi connectivity index (χ1) is 10.3. The lowest BCUT2D eigenvalue weighted by molar-refractivity contribution is 0.0962. The highest BCUT2D eigenvalue weighted by molar-refractivity contribution is 6.11. The zero-order valence-corrected chi connectivity index (χ0v) is 11.4. The van der Waals surface area contributed by atoms with Crippen LogP contribution < -0.4 is 0 Å². The molecule has 0 aliphatic carbocycles. The van der Waals surface area contributed by atoms with Crippen LogP contribution in [0.15, 0.2) is 79.1 Å². The zero-order valence-electron chi connectivity index (χ0n) is 11.4. The number of rotatable bonds is 1. The topological polar surface area (TPSA) is 22.0 Å². The molecule has 1 aromatic heterocycles. The fourth-order valence-corrected chi connectivity index (χ4v) is 2.76. The molecule has 1 heterocycles. The summed E-state index contributed by atoms with van der Waals surface area (Å²) in [7, 11) is 0. The monoisotopic (exact) mass is 271 g/mol. The van der Waals surface area contributed by atoms with E-state index in [9.17, 15) is 4.79 Å². The Bertz CT molecular complexity index is 952. The van der Waals surface area contributed by atoms with E-state index in [0.29, 0.717) is 0 Å². The van der Waals surface area contributed by atoms with Gasteiger partial charge in [-0.05, 0) is 51.9 Å². The minimum atomic E-state index is 0.000816. The van der Waals surface area contributed by atoms with Crippen molar-refractivity contribution in [1.29, 1.82) is 0 Å². The minimum Gasteiger partial charge on any atom is -0.291 e. The van der Waals surface area contributed by atoms with Crippen molar-refractivity contribution in [2.75, 3.05) is 0 Å². The normalized spacial score (nSPS) is 11.0. The van der Waals surface area contributed by atoms with Crippen LogP contribution in [0.3, 0.4) is 0 Å². The molecule has 4 aromatic rings. The Labute approximate surface area is 122 Å². The molecule has 21 heavy (non-hydrogen) atoms. The lowest BCUT2D eigenvalue weighted by Gasteiger charge is -2.08. The fraction of sp³-hybridized carbons (Fsp3) is 0. The fourth-order valence-electron chi connectivity index (χ4n) is 2.76. The number of hydrogen-bond donors (Lipinski definition) is 0. The molecule has 2 heteroatoms. The number of hydrogen-bond acceptors (Lipinski definition) is 1. The maximum Gasteiger partial charge on any atom is 0.262 e. The molecule has 0 aliphatic heterocycles. The first kappa shape index (κ1) is 11.9. The molecule has 0 spiro atoms. The van der Waals surface area contributed by atoms with Crippen molar-refractivity contribution in [1.82, 2.24) is 4.57 Å². The summed E-state index contributed by atoms with van der Waals surface area (Å²) in [5.74, 6) is 0.000816. The van der Waals surface area contributed by atoms with Crippen LogP contribution >= 0.6 is 0 Å². The summed E-state index contributed by atoms with van der Waals surface area (Å²) >= 11 is 0. The number of carbonyl (C=O) groups is 1. The number of fused-ring (bicyclic) bond motifs is 2. The summed E-state index contributed by atoms with van der Waals surface area (Å²) in [5, 5.41) is 4.43. The van der Waals surface area contributed by atoms with Gasteiger partial charge in [-0.3, -0.25) is 9.36 Å². The molecule has 2 nitrogen and oxygen atoms in total. The highest BCUT2D eigenvalue weighted by Gasteiger charge is 2.11. The molecule has 0 radical (unpaired) electrons. The number of carbonyl (C=O) groups excluding carboxylic acids is 1. The second kappa shape index (κ2) is 4.60. The average Bonchev–Trinajstić information content (AvgIpc) is 3.06. The summed E-state index contributed by atoms with van der Waals surface area (Å²) in [6.07, 6.45) is 3.56. The van der Waals surface area contributed by atoms with Crippen molar-refractivity contribution >= 4 is 27.5 Å². The Balaban J connectivity index is 2.01. The maximum atomic E-state index is 12.6. The van der Waals surface area contributed by atoms with Crippen LogP contribution in [-0.4, -0.2) is 10.5 Å². The van der Waals surface area contributed by atoms with Gasteiger partial charge in [0.05, 0.1) is 0 Å². The third-order valence-electron chi connectivity index (χ3n) is 3.82. The summed E-state index contributed by atoms with van der Waals surface area (Å²) in [4.78, 5) is 12.6. The van der Waals surface area contributed by atoms with Crippen molar-refractivity contribution in [3.63, 3.8) is 0 Å². The van der Waals surface area contributed by atoms with Crippen LogP contribution in [0.5, 0.6) is 0 Å². The van der Waals surface area contributed by atoms with E-state index in [0.717, 1.165) is 21.7 Å². The Kier molecular flexibility index (Phi) is 2.61. The molecule has 0 amide bonds. The molecule has 0 fully saturated rings. The van der Waals surface area contributed by atoms with E-state index in [1.165, 1.54) is 5.39 Å². The maximum absolute atomic E-state index is 12.6. The summed E-state index contributed by atoms with van der Waals surface area (Å²) < 4.78 is 1.62. The molecular formula is C19H13NO. The predicted molar refractivity (Wildman–Crippen MR) is 85.6 cm³/mol. The molecule has 4 rings (SSSR count). The van der Waals surface area contributed by atoms with Gasteiger partial charge >= 0.3 is 0 Å². The van der Waals surface area contributed by atoms with Crippen LogP contribution in [0.1, 0.15) is 10.4 Å². The largest absolute Gasteiger partial charge is 0.291 e. The van der Waals surface area contributed by atoms with E-state index in [4.69, 9.17) is 0 Å². The quantitative estimate of drug-likeness (QED) is 0.468. The van der Waals surface area contributed by atoms with Gasteiger partial charge in [0.1, 0.15) is 0 Å². The molecular weight excluding hydrogens is 258 g/mol. The molecule has 0 saturated heterocycles. The summed E-state index contributed by atoms with van der Waals surface area (Å²) in [5.41, 5.74) is 0.731. The first-order valence-electron chi connectivity index (χ1n) is 6.92. The second-order valence-electron chi connectivity index (χ2n) is 5.12. The van der Waals surface area contributed by atoms with Crippen molar-refractivity contribution in [2.24, 2.45) is 0 Å². The Morgan fingerprint density at radius 1 is 0.714 bits per heavy atom. The molecule has 0 atom stereocenters. The zero-order chi connectivity index (χ0) is 14.2. The number of benzene rings is 3. The molecule has 0 bridgehead atoms. The van der Waals surface area contributed by atoms with Crippen LogP contribution in [-0.2, 0) is 0 Å². The third-order valence-corrected chi connectivity index (χ3v) is 3.82. The van der Waals surface area contributed by atoms with Gasteiger partial charge in [-0.2, -0.15) is 0 Å². The van der Waals surface area contributed by atoms with Gasteiger partial charge in [-0.25, -0.2) is 0 Å². The first-order valence-corrected chi connectivity index (χ1v) is 6.92. The van der Waals surface area contributed by atoms with Gasteiger partial charge in [0.25, 0.3) is 5.91 Å². The summed E-state index contributed by atoms with van der Waals surface area (Å²) in [6.45, 7) is 0. The van der Waals surface area contributed by atoms with Crippen molar-refractivity contribution < 1.29 is 4.79 Å². The highest BCUT2D eigenvalue weighted by Crippen LogP contribution is 2.26. The Morgan fingerprint density at radius 2 is 1.38 bits per heavy atom. The standard InChI is InChI=1S/C19H13NO/c21-19(20-10-3-4-11-20)17-9-5-8-16-12-14-6-1-2-7-15(14)13-18(16)17/h1-13H. The number of nitrogens with zero attached hydrogens (tertiary/aromatic N) is 1. The van der Waals surface area contributed by atoms with Crippen LogP contribution in [0.25, 0.3) is 21.5 Å². The van der Waals surface area contributed by atoms with E-state index >= 15 is 0 Å². The Morgan fingerprint density at radius 3 is 2.14 bits per heavy atom. The second-order valence-corrected chi connectivity index (χ2v) is 5.12. The van der Waals surface area contributed by atoms with E-state index < -0.39 is 0 Å². The van der Waals surface area contributed by atoms with E-state index in [1.54, 1.807) is 17.0 Å². The lowest BCUT2D eigenvalue weighted by Crippen LogP contribution is -2.09. The van der Waals surface area contributed by atoms with Gasteiger partial charge in [-0.1, -0.05) is 36.4 Å². The van der Waals surface area contributed by atoms with E-state index in [1.807, 2.05) is 42.5 Å². The van der Waals surface area contributed by atoms with Crippen molar-refractivity contribution in [3.05, 3.63) is 84.7 Å². The molecule has 0 unspecified atom stereocenters. The molecule has 0 aliphatic rings. The molecule has 0 N–H and O–H groups in total. The summed E-state index contributed by atoms with van der Waals surface area (Å²) in [6, 6.07) is 22.0. The minimum absolute atomic E-state index is 0.000816. The van der Waals surface area contributed by atoms with Crippen LogP contribution in [0.4, 0.5) is 0 Å². The van der Waals surface area contributed by atoms with Gasteiger partial charge in [-0.15, -0.1) is 0 Å². The van der Waals surface area contributed by atoms with E-state index in [2.05, 4.69) is 24.3 Å². The molecule has 0 saturated carbocycles. The van der Waals surface area contributed by atoms with Gasteiger partial charge < -0.3 is 0 Å². The SMILES string of the molecule is O=C(c1cccc2cc3ccccc3cc12)n1cccc1. The van der Waals surface area contributed by atoms with E-state index in [-0.39, 0.29) is 5.91 Å². The van der Waals surface area contributed by atoms with Crippen molar-refractivity contribution in [2.45, 2.75) is 0 Å². The third kappa shape index (κ3) is 1.93. The average molecular weight is 271 g/mol. The lowest BCUT2D eigenvalue weighted by atomic mass is 9.99. The number of aromatic nitrogens is 1.